The highest BCUT2D eigenvalue weighted by Gasteiger charge is 2.67. The minimum absolute atomic E-state index is 0.00570. The largest absolute Gasteiger partial charge is 0.401 e. The Hall–Kier alpha value is -1.36. The van der Waals surface area contributed by atoms with Crippen LogP contribution in [0.1, 0.15) is 51.3 Å². The third kappa shape index (κ3) is 4.13. The first-order valence-electron chi connectivity index (χ1n) is 8.80. The molecule has 2 aliphatic carbocycles. The van der Waals surface area contributed by atoms with Gasteiger partial charge in [-0.3, -0.25) is 0 Å². The van der Waals surface area contributed by atoms with Crippen LogP contribution in [0.25, 0.3) is 0 Å². The van der Waals surface area contributed by atoms with Crippen molar-refractivity contribution in [3.05, 3.63) is 5.82 Å². The molecular weight excluding hydrogens is 373 g/mol. The lowest BCUT2D eigenvalue weighted by Gasteiger charge is -2.28. The van der Waals surface area contributed by atoms with E-state index in [9.17, 15) is 21.6 Å². The first-order chi connectivity index (χ1) is 12.2. The van der Waals surface area contributed by atoms with Crippen LogP contribution in [-0.4, -0.2) is 43.1 Å². The van der Waals surface area contributed by atoms with Crippen LogP contribution < -0.4 is 10.0 Å². The number of rotatable bonds is 7. The average Bonchev–Trinajstić information content (AvgIpc) is 3.29. The number of nitrogens with zero attached hydrogens (tertiary/aromatic N) is 2. The van der Waals surface area contributed by atoms with Crippen LogP contribution in [0.5, 0.6) is 0 Å². The van der Waals surface area contributed by atoms with Gasteiger partial charge in [-0.25, -0.2) is 13.1 Å². The molecule has 0 bridgehead atoms. The van der Waals surface area contributed by atoms with Gasteiger partial charge >= 0.3 is 12.2 Å². The Kier molecular flexibility index (Phi) is 5.22. The summed E-state index contributed by atoms with van der Waals surface area (Å²) < 4.78 is 69.7. The summed E-state index contributed by atoms with van der Waals surface area (Å²) in [5, 5.41) is 6.53. The van der Waals surface area contributed by atoms with Crippen LogP contribution in [0.15, 0.2) is 4.52 Å². The van der Waals surface area contributed by atoms with Crippen LogP contribution in [0, 0.1) is 5.92 Å². The predicted molar refractivity (Wildman–Crippen MR) is 88.1 cm³/mol. The first kappa shape index (κ1) is 19.4. The standard InChI is InChI=1S/C15H23F3N4O3S/c1-2-26(23,24)19-9-10-3-5-11(6-4-10)20-13-21-12(22-25-13)14(7-8-14)15(16,17)18/h10-11,19H,2-9H2,1H3,(H,20,21,22)/t10-,11-. The maximum absolute atomic E-state index is 13.1. The summed E-state index contributed by atoms with van der Waals surface area (Å²) in [5.74, 6) is 0.0192. The number of aromatic nitrogens is 2. The van der Waals surface area contributed by atoms with Crippen molar-refractivity contribution in [2.24, 2.45) is 5.92 Å². The quantitative estimate of drug-likeness (QED) is 0.735. The fraction of sp³-hybridized carbons (Fsp3) is 0.867. The van der Waals surface area contributed by atoms with Gasteiger partial charge in [-0.1, -0.05) is 5.16 Å². The summed E-state index contributed by atoms with van der Waals surface area (Å²) in [5.41, 5.74) is -1.94. The second kappa shape index (κ2) is 6.99. The lowest BCUT2D eigenvalue weighted by Crippen LogP contribution is -2.34. The smallest absolute Gasteiger partial charge is 0.335 e. The van der Waals surface area contributed by atoms with Crippen molar-refractivity contribution in [2.75, 3.05) is 17.6 Å². The van der Waals surface area contributed by atoms with Crippen LogP contribution in [0.3, 0.4) is 0 Å². The van der Waals surface area contributed by atoms with Gasteiger partial charge in [0.25, 0.3) is 0 Å². The molecule has 7 nitrogen and oxygen atoms in total. The van der Waals surface area contributed by atoms with E-state index < -0.39 is 21.6 Å². The zero-order valence-corrected chi connectivity index (χ0v) is 15.3. The highest BCUT2D eigenvalue weighted by atomic mass is 32.2. The molecule has 0 aromatic carbocycles. The van der Waals surface area contributed by atoms with Gasteiger partial charge in [0, 0.05) is 12.6 Å². The molecule has 1 heterocycles. The molecule has 2 fully saturated rings. The van der Waals surface area contributed by atoms with Gasteiger partial charge in [-0.2, -0.15) is 18.2 Å². The number of hydrogen-bond donors (Lipinski definition) is 2. The summed E-state index contributed by atoms with van der Waals surface area (Å²) >= 11 is 0. The van der Waals surface area contributed by atoms with Gasteiger partial charge in [0.2, 0.25) is 10.0 Å². The third-order valence-electron chi connectivity index (χ3n) is 5.29. The highest BCUT2D eigenvalue weighted by Crippen LogP contribution is 2.58. The molecule has 11 heteroatoms. The maximum Gasteiger partial charge on any atom is 0.401 e. The summed E-state index contributed by atoms with van der Waals surface area (Å²) in [6.45, 7) is 2.01. The van der Waals surface area contributed by atoms with Crippen LogP contribution in [-0.2, 0) is 15.4 Å². The zero-order valence-electron chi connectivity index (χ0n) is 14.5. The molecule has 2 N–H and O–H groups in total. The van der Waals surface area contributed by atoms with E-state index in [0.29, 0.717) is 6.54 Å². The second-order valence-corrected chi connectivity index (χ2v) is 9.21. The Bertz CT molecular complexity index is 723. The molecule has 1 aromatic heterocycles. The van der Waals surface area contributed by atoms with Gasteiger partial charge in [0.05, 0.1) is 5.75 Å². The van der Waals surface area contributed by atoms with Crippen molar-refractivity contribution in [1.29, 1.82) is 0 Å². The zero-order chi connectivity index (χ0) is 19.0. The Morgan fingerprint density at radius 1 is 1.23 bits per heavy atom. The SMILES string of the molecule is CCS(=O)(=O)NC[C@H]1CC[C@H](Nc2nc(C3(C(F)(F)F)CC3)no2)CC1. The number of hydrogen-bond acceptors (Lipinski definition) is 6. The van der Waals surface area contributed by atoms with E-state index in [-0.39, 0.29) is 42.4 Å². The van der Waals surface area contributed by atoms with E-state index in [1.807, 2.05) is 0 Å². The van der Waals surface area contributed by atoms with Crippen LogP contribution in [0.4, 0.5) is 19.2 Å². The minimum Gasteiger partial charge on any atom is -0.335 e. The van der Waals surface area contributed by atoms with Crippen molar-refractivity contribution in [2.45, 2.75) is 63.1 Å². The number of sulfonamides is 1. The van der Waals surface area contributed by atoms with Crippen molar-refractivity contribution in [1.82, 2.24) is 14.9 Å². The molecule has 0 atom stereocenters. The average molecular weight is 396 g/mol. The van der Waals surface area contributed by atoms with Crippen LogP contribution >= 0.6 is 0 Å². The molecule has 0 aliphatic heterocycles. The highest BCUT2D eigenvalue weighted by molar-refractivity contribution is 7.89. The molecule has 2 saturated carbocycles. The topological polar surface area (TPSA) is 97.1 Å². The molecule has 26 heavy (non-hydrogen) atoms. The first-order valence-corrected chi connectivity index (χ1v) is 10.5. The molecule has 148 valence electrons. The molecule has 0 saturated heterocycles. The fourth-order valence-corrected chi connectivity index (χ4v) is 3.96. The normalized spacial score (nSPS) is 25.8. The summed E-state index contributed by atoms with van der Waals surface area (Å²) in [6, 6.07) is 0.0500. The molecular formula is C15H23F3N4O3S. The molecule has 0 radical (unpaired) electrons. The Labute approximate surface area is 150 Å². The van der Waals surface area contributed by atoms with Gasteiger partial charge in [-0.15, -0.1) is 0 Å². The molecule has 2 aliphatic rings. The lowest BCUT2D eigenvalue weighted by atomic mass is 9.86. The Morgan fingerprint density at radius 2 is 1.88 bits per heavy atom. The summed E-state index contributed by atoms with van der Waals surface area (Å²) in [7, 11) is -3.19. The van der Waals surface area contributed by atoms with Crippen LogP contribution in [0.2, 0.25) is 0 Å². The minimum atomic E-state index is -4.36. The fourth-order valence-electron chi connectivity index (χ4n) is 3.27. The van der Waals surface area contributed by atoms with Crippen molar-refractivity contribution in [3.8, 4) is 0 Å². The summed E-state index contributed by atoms with van der Waals surface area (Å²) in [4.78, 5) is 3.90. The van der Waals surface area contributed by atoms with E-state index in [0.717, 1.165) is 25.7 Å². The van der Waals surface area contributed by atoms with Crippen molar-refractivity contribution >= 4 is 16.0 Å². The molecule has 0 amide bonds. The van der Waals surface area contributed by atoms with Crippen molar-refractivity contribution < 1.29 is 26.1 Å². The number of halogens is 3. The van der Waals surface area contributed by atoms with Crippen molar-refractivity contribution in [3.63, 3.8) is 0 Å². The summed E-state index contributed by atoms with van der Waals surface area (Å²) in [6.07, 6.45) is -1.21. The lowest BCUT2D eigenvalue weighted by molar-refractivity contribution is -0.162. The van der Waals surface area contributed by atoms with E-state index in [1.165, 1.54) is 0 Å². The maximum atomic E-state index is 13.1. The van der Waals surface area contributed by atoms with Gasteiger partial charge in [0.1, 0.15) is 5.41 Å². The Balaban J connectivity index is 1.49. The van der Waals surface area contributed by atoms with E-state index in [4.69, 9.17) is 4.52 Å². The molecule has 1 aromatic rings. The molecule has 3 rings (SSSR count). The third-order valence-corrected chi connectivity index (χ3v) is 6.66. The van der Waals surface area contributed by atoms with E-state index in [1.54, 1.807) is 6.92 Å². The van der Waals surface area contributed by atoms with Gasteiger partial charge in [0.15, 0.2) is 5.82 Å². The molecule has 0 unspecified atom stereocenters. The number of anilines is 1. The monoisotopic (exact) mass is 396 g/mol. The van der Waals surface area contributed by atoms with E-state index >= 15 is 0 Å². The second-order valence-electron chi connectivity index (χ2n) is 7.12. The van der Waals surface area contributed by atoms with Gasteiger partial charge in [-0.05, 0) is 51.4 Å². The Morgan fingerprint density at radius 3 is 2.42 bits per heavy atom. The van der Waals surface area contributed by atoms with Gasteiger partial charge < -0.3 is 9.84 Å². The number of alkyl halides is 3. The number of nitrogens with one attached hydrogen (secondary N) is 2. The van der Waals surface area contributed by atoms with E-state index in [2.05, 4.69) is 20.2 Å². The molecule has 0 spiro atoms. The predicted octanol–water partition coefficient (Wildman–Crippen LogP) is 2.57.